The fraction of sp³-hybridized carbons (Fsp3) is 0.444. The first-order valence-corrected chi connectivity index (χ1v) is 8.37. The van der Waals surface area contributed by atoms with Crippen LogP contribution in [0.3, 0.4) is 0 Å². The third-order valence-electron chi connectivity index (χ3n) is 4.81. The van der Waals surface area contributed by atoms with Crippen LogP contribution in [0.1, 0.15) is 29.5 Å². The van der Waals surface area contributed by atoms with Crippen molar-refractivity contribution in [2.75, 3.05) is 18.1 Å². The number of benzene rings is 1. The van der Waals surface area contributed by atoms with Crippen LogP contribution in [-0.4, -0.2) is 29.5 Å². The molecule has 24 heavy (non-hydrogen) atoms. The lowest BCUT2D eigenvalue weighted by Gasteiger charge is -2.19. The molecular weight excluding hydrogens is 306 g/mol. The molecule has 6 nitrogen and oxygen atoms in total. The number of fused-ring (bicyclic) bond motifs is 1. The predicted molar refractivity (Wildman–Crippen MR) is 90.4 cm³/mol. The molecule has 1 aromatic carbocycles. The molecule has 1 saturated heterocycles. The van der Waals surface area contributed by atoms with Crippen molar-refractivity contribution in [1.82, 2.24) is 10.2 Å². The molecule has 3 heterocycles. The minimum atomic E-state index is -0.140. The van der Waals surface area contributed by atoms with Gasteiger partial charge in [0.25, 0.3) is 5.56 Å². The molecule has 0 aliphatic carbocycles. The van der Waals surface area contributed by atoms with E-state index in [4.69, 9.17) is 9.47 Å². The maximum absolute atomic E-state index is 11.8. The molecule has 2 aliphatic rings. The quantitative estimate of drug-likeness (QED) is 0.932. The van der Waals surface area contributed by atoms with E-state index in [9.17, 15) is 4.79 Å². The van der Waals surface area contributed by atoms with E-state index in [0.717, 1.165) is 44.0 Å². The summed E-state index contributed by atoms with van der Waals surface area (Å²) >= 11 is 0. The van der Waals surface area contributed by atoms with Gasteiger partial charge in [-0.1, -0.05) is 12.1 Å². The van der Waals surface area contributed by atoms with Crippen molar-refractivity contribution in [3.8, 4) is 5.75 Å². The molecule has 1 atom stereocenters. The number of aromatic nitrogens is 2. The summed E-state index contributed by atoms with van der Waals surface area (Å²) in [7, 11) is 0. The number of ether oxygens (including phenoxy) is 2. The zero-order valence-electron chi connectivity index (χ0n) is 13.7. The SMILES string of the molecule is Cc1c(N2Cc3cccc(OC[C@@H]4CCCO4)c3C2)cn[nH]c1=O. The third kappa shape index (κ3) is 2.78. The Labute approximate surface area is 140 Å². The number of hydrogen-bond donors (Lipinski definition) is 1. The average Bonchev–Trinajstić information content (AvgIpc) is 3.24. The summed E-state index contributed by atoms with van der Waals surface area (Å²) in [5.41, 5.74) is 3.85. The summed E-state index contributed by atoms with van der Waals surface area (Å²) < 4.78 is 11.7. The molecule has 2 aliphatic heterocycles. The maximum atomic E-state index is 11.8. The van der Waals surface area contributed by atoms with Gasteiger partial charge in [-0.3, -0.25) is 4.79 Å². The first kappa shape index (κ1) is 15.2. The van der Waals surface area contributed by atoms with Crippen LogP contribution in [0.2, 0.25) is 0 Å². The Morgan fingerprint density at radius 1 is 1.42 bits per heavy atom. The highest BCUT2D eigenvalue weighted by atomic mass is 16.5. The van der Waals surface area contributed by atoms with E-state index in [1.54, 1.807) is 6.20 Å². The Morgan fingerprint density at radius 2 is 2.33 bits per heavy atom. The zero-order valence-corrected chi connectivity index (χ0v) is 13.7. The molecule has 0 unspecified atom stereocenters. The summed E-state index contributed by atoms with van der Waals surface area (Å²) in [6.07, 6.45) is 4.11. The molecule has 0 bridgehead atoms. The highest BCUT2D eigenvalue weighted by molar-refractivity contribution is 5.57. The van der Waals surface area contributed by atoms with Crippen molar-refractivity contribution in [1.29, 1.82) is 0 Å². The van der Waals surface area contributed by atoms with Crippen molar-refractivity contribution < 1.29 is 9.47 Å². The van der Waals surface area contributed by atoms with Crippen LogP contribution in [0.25, 0.3) is 0 Å². The monoisotopic (exact) mass is 327 g/mol. The van der Waals surface area contributed by atoms with Crippen LogP contribution in [0.5, 0.6) is 5.75 Å². The zero-order chi connectivity index (χ0) is 16.5. The third-order valence-corrected chi connectivity index (χ3v) is 4.81. The fourth-order valence-corrected chi connectivity index (χ4v) is 3.42. The number of rotatable bonds is 4. The molecule has 1 aromatic heterocycles. The average molecular weight is 327 g/mol. The Balaban J connectivity index is 1.54. The molecule has 0 spiro atoms. The molecule has 4 rings (SSSR count). The summed E-state index contributed by atoms with van der Waals surface area (Å²) in [6.45, 7) is 4.75. The van der Waals surface area contributed by atoms with E-state index in [-0.39, 0.29) is 11.7 Å². The van der Waals surface area contributed by atoms with Gasteiger partial charge in [0.05, 0.1) is 18.0 Å². The molecule has 2 aromatic rings. The lowest BCUT2D eigenvalue weighted by atomic mass is 10.1. The van der Waals surface area contributed by atoms with E-state index in [0.29, 0.717) is 12.2 Å². The van der Waals surface area contributed by atoms with Crippen LogP contribution >= 0.6 is 0 Å². The Morgan fingerprint density at radius 3 is 3.17 bits per heavy atom. The molecule has 6 heteroatoms. The normalized spacial score (nSPS) is 19.5. The first-order valence-electron chi connectivity index (χ1n) is 8.37. The van der Waals surface area contributed by atoms with Gasteiger partial charge in [-0.2, -0.15) is 5.10 Å². The van der Waals surface area contributed by atoms with Gasteiger partial charge < -0.3 is 14.4 Å². The summed E-state index contributed by atoms with van der Waals surface area (Å²) in [5, 5.41) is 6.41. The van der Waals surface area contributed by atoms with E-state index in [2.05, 4.69) is 21.2 Å². The van der Waals surface area contributed by atoms with Crippen LogP contribution < -0.4 is 15.2 Å². The Bertz CT molecular complexity index is 796. The lowest BCUT2D eigenvalue weighted by molar-refractivity contribution is 0.0676. The van der Waals surface area contributed by atoms with Crippen LogP contribution in [-0.2, 0) is 17.8 Å². The van der Waals surface area contributed by atoms with Crippen molar-refractivity contribution >= 4 is 5.69 Å². The van der Waals surface area contributed by atoms with E-state index in [1.807, 2.05) is 19.1 Å². The minimum absolute atomic E-state index is 0.140. The second-order valence-electron chi connectivity index (χ2n) is 6.41. The number of aromatic amines is 1. The number of hydrogen-bond acceptors (Lipinski definition) is 5. The van der Waals surface area contributed by atoms with Gasteiger partial charge >= 0.3 is 0 Å². The Hall–Kier alpha value is -2.34. The predicted octanol–water partition coefficient (Wildman–Crippen LogP) is 2.16. The molecule has 1 fully saturated rings. The largest absolute Gasteiger partial charge is 0.491 e. The van der Waals surface area contributed by atoms with Gasteiger partial charge in [-0.25, -0.2) is 5.10 Å². The molecule has 0 amide bonds. The van der Waals surface area contributed by atoms with Crippen LogP contribution in [0.4, 0.5) is 5.69 Å². The van der Waals surface area contributed by atoms with Gasteiger partial charge in [0, 0.05) is 30.8 Å². The van der Waals surface area contributed by atoms with Crippen molar-refractivity contribution in [3.63, 3.8) is 0 Å². The summed E-state index contributed by atoms with van der Waals surface area (Å²) in [6, 6.07) is 6.15. The van der Waals surface area contributed by atoms with Gasteiger partial charge in [-0.15, -0.1) is 0 Å². The van der Waals surface area contributed by atoms with Crippen LogP contribution in [0, 0.1) is 6.92 Å². The van der Waals surface area contributed by atoms with Crippen LogP contribution in [0.15, 0.2) is 29.2 Å². The van der Waals surface area contributed by atoms with Crippen molar-refractivity contribution in [2.24, 2.45) is 0 Å². The fourth-order valence-electron chi connectivity index (χ4n) is 3.42. The smallest absolute Gasteiger partial charge is 0.269 e. The molecular formula is C18H21N3O3. The molecule has 0 saturated carbocycles. The van der Waals surface area contributed by atoms with E-state index in [1.165, 1.54) is 11.1 Å². The second-order valence-corrected chi connectivity index (χ2v) is 6.41. The highest BCUT2D eigenvalue weighted by Crippen LogP contribution is 2.34. The standard InChI is InChI=1S/C18H21N3O3/c1-12-16(8-19-20-18(12)22)21-9-13-4-2-6-17(15(13)10-21)24-11-14-5-3-7-23-14/h2,4,6,8,14H,3,5,7,9-11H2,1H3,(H,20,22)/t14-/m0/s1. The molecule has 126 valence electrons. The van der Waals surface area contributed by atoms with Gasteiger partial charge in [0.1, 0.15) is 12.4 Å². The second kappa shape index (κ2) is 6.28. The van der Waals surface area contributed by atoms with Crippen molar-refractivity contribution in [3.05, 3.63) is 51.4 Å². The Kier molecular flexibility index (Phi) is 3.98. The van der Waals surface area contributed by atoms with Crippen molar-refractivity contribution in [2.45, 2.75) is 39.0 Å². The van der Waals surface area contributed by atoms with Gasteiger partial charge in [-0.05, 0) is 31.4 Å². The highest BCUT2D eigenvalue weighted by Gasteiger charge is 2.25. The maximum Gasteiger partial charge on any atom is 0.269 e. The number of anilines is 1. The van der Waals surface area contributed by atoms with Gasteiger partial charge in [0.15, 0.2) is 0 Å². The topological polar surface area (TPSA) is 67.5 Å². The minimum Gasteiger partial charge on any atom is -0.491 e. The lowest BCUT2D eigenvalue weighted by Crippen LogP contribution is -2.21. The van der Waals surface area contributed by atoms with E-state index >= 15 is 0 Å². The first-order chi connectivity index (χ1) is 11.7. The summed E-state index contributed by atoms with van der Waals surface area (Å²) in [4.78, 5) is 14.0. The van der Waals surface area contributed by atoms with E-state index < -0.39 is 0 Å². The summed E-state index contributed by atoms with van der Waals surface area (Å²) in [5.74, 6) is 0.918. The number of H-pyrrole nitrogens is 1. The molecule has 0 radical (unpaired) electrons. The van der Waals surface area contributed by atoms with Gasteiger partial charge in [0.2, 0.25) is 0 Å². The number of nitrogens with one attached hydrogen (secondary N) is 1. The molecule has 1 N–H and O–H groups in total. The number of nitrogens with zero attached hydrogens (tertiary/aromatic N) is 2.